The second kappa shape index (κ2) is 7.09. The average molecular weight is 318 g/mol. The Balaban J connectivity index is 2.21. The number of hydrogen-bond acceptors (Lipinski definition) is 4. The molecule has 0 aliphatic rings. The number of nitrogens with one attached hydrogen (secondary N) is 1. The van der Waals surface area contributed by atoms with Crippen molar-refractivity contribution in [3.8, 4) is 5.75 Å². The van der Waals surface area contributed by atoms with Crippen molar-refractivity contribution >= 4 is 15.9 Å². The molecular formula is C13H20BrNO3. The van der Waals surface area contributed by atoms with Gasteiger partial charge in [0.15, 0.2) is 0 Å². The highest BCUT2D eigenvalue weighted by molar-refractivity contribution is 9.10. The zero-order valence-electron chi connectivity index (χ0n) is 10.7. The molecule has 3 N–H and O–H groups in total. The molecule has 0 aliphatic carbocycles. The summed E-state index contributed by atoms with van der Waals surface area (Å²) in [6, 6.07) is 7.44. The topological polar surface area (TPSA) is 61.7 Å². The normalized spacial score (nSPS) is 13.4. The molecule has 0 bridgehead atoms. The first-order chi connectivity index (χ1) is 8.37. The Bertz CT molecular complexity index is 348. The van der Waals surface area contributed by atoms with Crippen molar-refractivity contribution in [3.63, 3.8) is 0 Å². The van der Waals surface area contributed by atoms with Crippen LogP contribution in [0.5, 0.6) is 5.75 Å². The van der Waals surface area contributed by atoms with E-state index in [0.717, 1.165) is 10.2 Å². The summed E-state index contributed by atoms with van der Waals surface area (Å²) in [5, 5.41) is 22.2. The van der Waals surface area contributed by atoms with Gasteiger partial charge >= 0.3 is 0 Å². The van der Waals surface area contributed by atoms with Crippen molar-refractivity contribution in [1.82, 2.24) is 5.32 Å². The fourth-order valence-corrected chi connectivity index (χ4v) is 1.59. The summed E-state index contributed by atoms with van der Waals surface area (Å²) in [4.78, 5) is 0. The molecule has 0 saturated carbocycles. The minimum atomic E-state index is -0.772. The van der Waals surface area contributed by atoms with Crippen LogP contribution in [0.15, 0.2) is 28.7 Å². The molecule has 5 heteroatoms. The lowest BCUT2D eigenvalue weighted by Crippen LogP contribution is -2.40. The zero-order chi connectivity index (χ0) is 13.6. The summed E-state index contributed by atoms with van der Waals surface area (Å²) in [7, 11) is 0. The third-order valence-electron chi connectivity index (χ3n) is 2.19. The number of halogens is 1. The second-order valence-electron chi connectivity index (χ2n) is 4.86. The van der Waals surface area contributed by atoms with Gasteiger partial charge in [0.05, 0.1) is 5.60 Å². The van der Waals surface area contributed by atoms with Crippen molar-refractivity contribution in [2.45, 2.75) is 25.6 Å². The lowest BCUT2D eigenvalue weighted by atomic mass is 10.1. The molecule has 4 nitrogen and oxygen atoms in total. The van der Waals surface area contributed by atoms with Crippen molar-refractivity contribution in [2.75, 3.05) is 19.7 Å². The molecule has 1 unspecified atom stereocenters. The van der Waals surface area contributed by atoms with Gasteiger partial charge in [-0.2, -0.15) is 0 Å². The largest absolute Gasteiger partial charge is 0.491 e. The summed E-state index contributed by atoms with van der Waals surface area (Å²) >= 11 is 3.34. The Hall–Kier alpha value is -0.620. The maximum absolute atomic E-state index is 9.68. The molecule has 0 aromatic heterocycles. The van der Waals surface area contributed by atoms with E-state index in [2.05, 4.69) is 21.2 Å². The SMILES string of the molecule is CC(C)(O)CNCC(O)COc1ccc(Br)cc1. The van der Waals surface area contributed by atoms with Crippen LogP contribution >= 0.6 is 15.9 Å². The molecule has 0 aliphatic heterocycles. The molecular weight excluding hydrogens is 298 g/mol. The van der Waals surface area contributed by atoms with Gasteiger partial charge in [0.2, 0.25) is 0 Å². The van der Waals surface area contributed by atoms with Crippen LogP contribution in [0, 0.1) is 0 Å². The molecule has 0 heterocycles. The number of aliphatic hydroxyl groups is 2. The Morgan fingerprint density at radius 1 is 1.33 bits per heavy atom. The lowest BCUT2D eigenvalue weighted by Gasteiger charge is -2.19. The first-order valence-corrected chi connectivity index (χ1v) is 6.66. The van der Waals surface area contributed by atoms with Crippen LogP contribution in [-0.4, -0.2) is 41.6 Å². The number of rotatable bonds is 7. The van der Waals surface area contributed by atoms with E-state index in [-0.39, 0.29) is 6.61 Å². The van der Waals surface area contributed by atoms with Crippen LogP contribution in [0.1, 0.15) is 13.8 Å². The third-order valence-corrected chi connectivity index (χ3v) is 2.72. The molecule has 0 amide bonds. The van der Waals surface area contributed by atoms with Gasteiger partial charge in [0.1, 0.15) is 18.5 Å². The zero-order valence-corrected chi connectivity index (χ0v) is 12.3. The van der Waals surface area contributed by atoms with Crippen LogP contribution in [0.4, 0.5) is 0 Å². The molecule has 0 spiro atoms. The highest BCUT2D eigenvalue weighted by Crippen LogP contribution is 2.16. The number of hydrogen-bond donors (Lipinski definition) is 3. The second-order valence-corrected chi connectivity index (χ2v) is 5.78. The predicted molar refractivity (Wildman–Crippen MR) is 74.8 cm³/mol. The van der Waals surface area contributed by atoms with Crippen LogP contribution < -0.4 is 10.1 Å². The van der Waals surface area contributed by atoms with E-state index in [0.29, 0.717) is 13.1 Å². The van der Waals surface area contributed by atoms with E-state index in [4.69, 9.17) is 4.74 Å². The van der Waals surface area contributed by atoms with Gasteiger partial charge in [0.25, 0.3) is 0 Å². The van der Waals surface area contributed by atoms with E-state index in [9.17, 15) is 10.2 Å². The van der Waals surface area contributed by atoms with E-state index in [1.165, 1.54) is 0 Å². The van der Waals surface area contributed by atoms with Crippen LogP contribution in [0.2, 0.25) is 0 Å². The van der Waals surface area contributed by atoms with Gasteiger partial charge in [0, 0.05) is 17.6 Å². The molecule has 1 atom stereocenters. The van der Waals surface area contributed by atoms with Gasteiger partial charge in [-0.25, -0.2) is 0 Å². The maximum Gasteiger partial charge on any atom is 0.119 e. The molecule has 0 radical (unpaired) electrons. The summed E-state index contributed by atoms with van der Waals surface area (Å²) < 4.78 is 6.42. The Kier molecular flexibility index (Phi) is 6.08. The van der Waals surface area contributed by atoms with E-state index < -0.39 is 11.7 Å². The van der Waals surface area contributed by atoms with E-state index in [1.807, 2.05) is 24.3 Å². The Morgan fingerprint density at radius 2 is 1.94 bits per heavy atom. The summed E-state index contributed by atoms with van der Waals surface area (Å²) in [5.41, 5.74) is -0.772. The standard InChI is InChI=1S/C13H20BrNO3/c1-13(2,17)9-15-7-11(16)8-18-12-5-3-10(14)4-6-12/h3-6,11,15-17H,7-9H2,1-2H3. The fourth-order valence-electron chi connectivity index (χ4n) is 1.33. The highest BCUT2D eigenvalue weighted by atomic mass is 79.9. The maximum atomic E-state index is 9.68. The molecule has 18 heavy (non-hydrogen) atoms. The summed E-state index contributed by atoms with van der Waals surface area (Å²) in [6.45, 7) is 4.47. The fraction of sp³-hybridized carbons (Fsp3) is 0.538. The average Bonchev–Trinajstić information content (AvgIpc) is 2.26. The van der Waals surface area contributed by atoms with Crippen molar-refractivity contribution < 1.29 is 14.9 Å². The molecule has 1 rings (SSSR count). The number of benzene rings is 1. The van der Waals surface area contributed by atoms with Crippen LogP contribution in [-0.2, 0) is 0 Å². The van der Waals surface area contributed by atoms with Gasteiger partial charge in [-0.05, 0) is 38.1 Å². The van der Waals surface area contributed by atoms with Crippen LogP contribution in [0.3, 0.4) is 0 Å². The van der Waals surface area contributed by atoms with Crippen molar-refractivity contribution in [1.29, 1.82) is 0 Å². The molecule has 1 aromatic carbocycles. The van der Waals surface area contributed by atoms with Gasteiger partial charge in [-0.3, -0.25) is 0 Å². The number of aliphatic hydroxyl groups excluding tert-OH is 1. The number of ether oxygens (including phenoxy) is 1. The molecule has 1 aromatic rings. The Labute approximate surface area is 116 Å². The third kappa shape index (κ3) is 6.96. The predicted octanol–water partition coefficient (Wildman–Crippen LogP) is 1.55. The molecule has 102 valence electrons. The molecule has 0 fully saturated rings. The van der Waals surface area contributed by atoms with E-state index >= 15 is 0 Å². The molecule has 0 saturated heterocycles. The quantitative estimate of drug-likeness (QED) is 0.714. The van der Waals surface area contributed by atoms with Crippen molar-refractivity contribution in [2.24, 2.45) is 0 Å². The van der Waals surface area contributed by atoms with Crippen LogP contribution in [0.25, 0.3) is 0 Å². The van der Waals surface area contributed by atoms with E-state index in [1.54, 1.807) is 13.8 Å². The van der Waals surface area contributed by atoms with Crippen molar-refractivity contribution in [3.05, 3.63) is 28.7 Å². The smallest absolute Gasteiger partial charge is 0.119 e. The highest BCUT2D eigenvalue weighted by Gasteiger charge is 2.12. The van der Waals surface area contributed by atoms with Gasteiger partial charge in [-0.1, -0.05) is 15.9 Å². The minimum Gasteiger partial charge on any atom is -0.491 e. The summed E-state index contributed by atoms with van der Waals surface area (Å²) in [5.74, 6) is 0.722. The first-order valence-electron chi connectivity index (χ1n) is 5.86. The van der Waals surface area contributed by atoms with Gasteiger partial charge in [-0.15, -0.1) is 0 Å². The van der Waals surface area contributed by atoms with Gasteiger partial charge < -0.3 is 20.3 Å². The lowest BCUT2D eigenvalue weighted by molar-refractivity contribution is 0.0665. The minimum absolute atomic E-state index is 0.223. The Morgan fingerprint density at radius 3 is 2.50 bits per heavy atom. The monoisotopic (exact) mass is 317 g/mol. The first kappa shape index (κ1) is 15.4. The summed E-state index contributed by atoms with van der Waals surface area (Å²) in [6.07, 6.45) is -0.601.